The quantitative estimate of drug-likeness (QED) is 0.930. The molecule has 0 saturated carbocycles. The van der Waals surface area contributed by atoms with Crippen LogP contribution in [0.15, 0.2) is 47.3 Å². The van der Waals surface area contributed by atoms with Crippen LogP contribution in [0.1, 0.15) is 12.0 Å². The highest BCUT2D eigenvalue weighted by molar-refractivity contribution is 5.79. The fraction of sp³-hybridized carbons (Fsp3) is 0.312. The standard InChI is InChI=1S/C16H17NO3/c18-16(15-6-8-20-11-15)17-9-12-1-3-13(4-2-12)14-5-7-19-10-14/h1-5,7,10,15H,6,8-9,11H2,(H,17,18)/t15-/m1/s1. The van der Waals surface area contributed by atoms with Gasteiger partial charge >= 0.3 is 0 Å². The van der Waals surface area contributed by atoms with Crippen molar-refractivity contribution < 1.29 is 13.9 Å². The smallest absolute Gasteiger partial charge is 0.225 e. The van der Waals surface area contributed by atoms with Crippen molar-refractivity contribution in [3.05, 3.63) is 48.4 Å². The van der Waals surface area contributed by atoms with Crippen LogP contribution >= 0.6 is 0 Å². The third kappa shape index (κ3) is 2.91. The molecule has 1 saturated heterocycles. The summed E-state index contributed by atoms with van der Waals surface area (Å²) in [5.41, 5.74) is 3.26. The van der Waals surface area contributed by atoms with E-state index in [9.17, 15) is 4.79 Å². The molecule has 0 radical (unpaired) electrons. The Balaban J connectivity index is 1.57. The molecule has 2 heterocycles. The highest BCUT2D eigenvalue weighted by atomic mass is 16.5. The van der Waals surface area contributed by atoms with Crippen molar-refractivity contribution in [3.63, 3.8) is 0 Å². The topological polar surface area (TPSA) is 51.5 Å². The van der Waals surface area contributed by atoms with Crippen LogP contribution in [-0.4, -0.2) is 19.1 Å². The second kappa shape index (κ2) is 5.92. The molecule has 0 spiro atoms. The van der Waals surface area contributed by atoms with Gasteiger partial charge in [-0.3, -0.25) is 4.79 Å². The van der Waals surface area contributed by atoms with Crippen LogP contribution in [0, 0.1) is 5.92 Å². The summed E-state index contributed by atoms with van der Waals surface area (Å²) in [6, 6.07) is 10.0. The fourth-order valence-corrected chi connectivity index (χ4v) is 2.32. The minimum absolute atomic E-state index is 0.0141. The molecule has 2 aromatic rings. The predicted molar refractivity (Wildman–Crippen MR) is 74.9 cm³/mol. The highest BCUT2D eigenvalue weighted by Gasteiger charge is 2.22. The Labute approximate surface area is 117 Å². The molecule has 4 nitrogen and oxygen atoms in total. The minimum atomic E-state index is 0.0141. The van der Waals surface area contributed by atoms with Crippen LogP contribution < -0.4 is 5.32 Å². The van der Waals surface area contributed by atoms with Gasteiger partial charge in [0, 0.05) is 18.7 Å². The van der Waals surface area contributed by atoms with E-state index in [1.807, 2.05) is 30.3 Å². The first-order valence-corrected chi connectivity index (χ1v) is 6.80. The van der Waals surface area contributed by atoms with Gasteiger partial charge in [-0.05, 0) is 23.6 Å². The minimum Gasteiger partial charge on any atom is -0.472 e. The lowest BCUT2D eigenvalue weighted by atomic mass is 10.1. The van der Waals surface area contributed by atoms with Crippen molar-refractivity contribution in [1.29, 1.82) is 0 Å². The van der Waals surface area contributed by atoms with Gasteiger partial charge in [0.1, 0.15) is 0 Å². The Morgan fingerprint density at radius 2 is 2.05 bits per heavy atom. The van der Waals surface area contributed by atoms with E-state index in [0.29, 0.717) is 19.8 Å². The second-order valence-corrected chi connectivity index (χ2v) is 4.99. The van der Waals surface area contributed by atoms with Crippen molar-refractivity contribution in [2.75, 3.05) is 13.2 Å². The molecule has 4 heteroatoms. The fourth-order valence-electron chi connectivity index (χ4n) is 2.32. The summed E-state index contributed by atoms with van der Waals surface area (Å²) in [7, 11) is 0. The predicted octanol–water partition coefficient (Wildman–Crippen LogP) is 2.60. The Bertz CT molecular complexity index is 554. The maximum atomic E-state index is 11.9. The Morgan fingerprint density at radius 1 is 1.20 bits per heavy atom. The summed E-state index contributed by atoms with van der Waals surface area (Å²) in [5.74, 6) is 0.0987. The van der Waals surface area contributed by atoms with Crippen LogP contribution in [0.25, 0.3) is 11.1 Å². The van der Waals surface area contributed by atoms with Gasteiger partial charge in [-0.25, -0.2) is 0 Å². The highest BCUT2D eigenvalue weighted by Crippen LogP contribution is 2.20. The molecule has 104 valence electrons. The van der Waals surface area contributed by atoms with Gasteiger partial charge in [0.05, 0.1) is 25.1 Å². The zero-order valence-corrected chi connectivity index (χ0v) is 11.2. The van der Waals surface area contributed by atoms with Crippen molar-refractivity contribution >= 4 is 5.91 Å². The average Bonchev–Trinajstić information content (AvgIpc) is 3.18. The first-order valence-electron chi connectivity index (χ1n) is 6.80. The average molecular weight is 271 g/mol. The summed E-state index contributed by atoms with van der Waals surface area (Å²) in [4.78, 5) is 11.9. The van der Waals surface area contributed by atoms with Gasteiger partial charge in [-0.2, -0.15) is 0 Å². The summed E-state index contributed by atoms with van der Waals surface area (Å²) >= 11 is 0. The van der Waals surface area contributed by atoms with Crippen LogP contribution in [-0.2, 0) is 16.1 Å². The molecule has 1 fully saturated rings. The van der Waals surface area contributed by atoms with E-state index in [4.69, 9.17) is 9.15 Å². The number of carbonyl (C=O) groups is 1. The lowest BCUT2D eigenvalue weighted by Gasteiger charge is -2.09. The third-order valence-electron chi connectivity index (χ3n) is 3.58. The number of carbonyl (C=O) groups excluding carboxylic acids is 1. The Kier molecular flexibility index (Phi) is 3.83. The van der Waals surface area contributed by atoms with Gasteiger partial charge in [0.15, 0.2) is 0 Å². The number of benzene rings is 1. The Morgan fingerprint density at radius 3 is 2.70 bits per heavy atom. The molecule has 0 unspecified atom stereocenters. The van der Waals surface area contributed by atoms with E-state index >= 15 is 0 Å². The molecule has 3 rings (SSSR count). The third-order valence-corrected chi connectivity index (χ3v) is 3.58. The van der Waals surface area contributed by atoms with Gasteiger partial charge in [0.2, 0.25) is 5.91 Å². The van der Waals surface area contributed by atoms with Crippen LogP contribution in [0.2, 0.25) is 0 Å². The van der Waals surface area contributed by atoms with Gasteiger partial charge in [-0.1, -0.05) is 24.3 Å². The van der Waals surface area contributed by atoms with E-state index in [-0.39, 0.29) is 11.8 Å². The first-order chi connectivity index (χ1) is 9.83. The molecule has 1 amide bonds. The van der Waals surface area contributed by atoms with Crippen LogP contribution in [0.3, 0.4) is 0 Å². The zero-order chi connectivity index (χ0) is 13.8. The maximum absolute atomic E-state index is 11.9. The van der Waals surface area contributed by atoms with E-state index in [0.717, 1.165) is 23.1 Å². The number of furan rings is 1. The molecule has 0 aliphatic carbocycles. The molecular formula is C16H17NO3. The van der Waals surface area contributed by atoms with Crippen molar-refractivity contribution in [2.24, 2.45) is 5.92 Å². The normalized spacial score (nSPS) is 18.1. The molecular weight excluding hydrogens is 254 g/mol. The largest absolute Gasteiger partial charge is 0.472 e. The van der Waals surface area contributed by atoms with Crippen LogP contribution in [0.4, 0.5) is 0 Å². The van der Waals surface area contributed by atoms with E-state index in [1.165, 1.54) is 0 Å². The number of ether oxygens (including phenoxy) is 1. The maximum Gasteiger partial charge on any atom is 0.225 e. The first kappa shape index (κ1) is 12.9. The summed E-state index contributed by atoms with van der Waals surface area (Å²) in [6.45, 7) is 1.80. The molecule has 1 N–H and O–H groups in total. The number of hydrogen-bond donors (Lipinski definition) is 1. The number of hydrogen-bond acceptors (Lipinski definition) is 3. The lowest BCUT2D eigenvalue weighted by molar-refractivity contribution is -0.125. The second-order valence-electron chi connectivity index (χ2n) is 4.99. The van der Waals surface area contributed by atoms with Crippen LogP contribution in [0.5, 0.6) is 0 Å². The summed E-state index contributed by atoms with van der Waals surface area (Å²) in [5, 5.41) is 2.96. The van der Waals surface area contributed by atoms with Crippen molar-refractivity contribution in [2.45, 2.75) is 13.0 Å². The molecule has 1 atom stereocenters. The molecule has 20 heavy (non-hydrogen) atoms. The van der Waals surface area contributed by atoms with E-state index < -0.39 is 0 Å². The zero-order valence-electron chi connectivity index (χ0n) is 11.2. The monoisotopic (exact) mass is 271 g/mol. The number of rotatable bonds is 4. The van der Waals surface area contributed by atoms with Gasteiger partial charge < -0.3 is 14.5 Å². The van der Waals surface area contributed by atoms with Crippen molar-refractivity contribution in [3.8, 4) is 11.1 Å². The number of amides is 1. The molecule has 1 aromatic heterocycles. The molecule has 1 aromatic carbocycles. The van der Waals surface area contributed by atoms with E-state index in [2.05, 4.69) is 5.32 Å². The summed E-state index contributed by atoms with van der Waals surface area (Å²) < 4.78 is 10.3. The number of nitrogens with one attached hydrogen (secondary N) is 1. The van der Waals surface area contributed by atoms with Gasteiger partial charge in [-0.15, -0.1) is 0 Å². The SMILES string of the molecule is O=C(NCc1ccc(-c2ccoc2)cc1)[C@@H]1CCOC1. The van der Waals surface area contributed by atoms with Gasteiger partial charge in [0.25, 0.3) is 0 Å². The molecule has 1 aliphatic rings. The lowest BCUT2D eigenvalue weighted by Crippen LogP contribution is -2.30. The molecule has 0 bridgehead atoms. The molecule has 1 aliphatic heterocycles. The Hall–Kier alpha value is -2.07. The summed E-state index contributed by atoms with van der Waals surface area (Å²) in [6.07, 6.45) is 4.20. The van der Waals surface area contributed by atoms with E-state index in [1.54, 1.807) is 12.5 Å². The van der Waals surface area contributed by atoms with Crippen molar-refractivity contribution in [1.82, 2.24) is 5.32 Å².